The lowest BCUT2D eigenvalue weighted by molar-refractivity contribution is 0.121. The zero-order chi connectivity index (χ0) is 11.1. The maximum atomic E-state index is 8.80. The summed E-state index contributed by atoms with van der Waals surface area (Å²) < 4.78 is 0. The first-order chi connectivity index (χ1) is 7.27. The molecule has 0 saturated carbocycles. The Morgan fingerprint density at radius 3 is 2.47 bits per heavy atom. The zero-order valence-corrected chi connectivity index (χ0v) is 9.66. The van der Waals surface area contributed by atoms with E-state index >= 15 is 0 Å². The Kier molecular flexibility index (Phi) is 5.18. The molecular weight excluding hydrogens is 186 g/mol. The molecule has 0 N–H and O–H groups in total. The summed E-state index contributed by atoms with van der Waals surface area (Å²) >= 11 is 0. The summed E-state index contributed by atoms with van der Waals surface area (Å²) in [6.45, 7) is 9.07. The highest BCUT2D eigenvalue weighted by molar-refractivity contribution is 4.96. The summed E-state index contributed by atoms with van der Waals surface area (Å²) in [4.78, 5) is 4.66. The molecule has 0 bridgehead atoms. The molecule has 0 aliphatic carbocycles. The summed E-state index contributed by atoms with van der Waals surface area (Å²) in [5, 5.41) is 8.80. The van der Waals surface area contributed by atoms with E-state index in [4.69, 9.17) is 5.26 Å². The Morgan fingerprint density at radius 1 is 1.27 bits per heavy atom. The third-order valence-electron chi connectivity index (χ3n) is 2.87. The Labute approximate surface area is 92.7 Å². The quantitative estimate of drug-likeness (QED) is 0.642. The highest BCUT2D eigenvalue weighted by Crippen LogP contribution is 2.05. The van der Waals surface area contributed by atoms with E-state index in [-0.39, 0.29) is 6.04 Å². The first-order valence-electron chi connectivity index (χ1n) is 5.53. The van der Waals surface area contributed by atoms with E-state index in [1.165, 1.54) is 0 Å². The van der Waals surface area contributed by atoms with Crippen molar-refractivity contribution in [2.24, 2.45) is 0 Å². The average Bonchev–Trinajstić information content (AvgIpc) is 2.29. The van der Waals surface area contributed by atoms with Gasteiger partial charge >= 0.3 is 0 Å². The van der Waals surface area contributed by atoms with Crippen molar-refractivity contribution in [1.82, 2.24) is 9.80 Å². The third kappa shape index (κ3) is 3.91. The summed E-state index contributed by atoms with van der Waals surface area (Å²) in [6, 6.07) is 2.34. The van der Waals surface area contributed by atoms with Gasteiger partial charge < -0.3 is 0 Å². The van der Waals surface area contributed by atoms with Crippen molar-refractivity contribution in [3.8, 4) is 17.9 Å². The van der Waals surface area contributed by atoms with Crippen LogP contribution in [0.3, 0.4) is 0 Å². The smallest absolute Gasteiger partial charge is 0.0950 e. The largest absolute Gasteiger partial charge is 0.300 e. The topological polar surface area (TPSA) is 30.3 Å². The van der Waals surface area contributed by atoms with Crippen LogP contribution in [-0.2, 0) is 0 Å². The van der Waals surface area contributed by atoms with Crippen molar-refractivity contribution in [3.63, 3.8) is 0 Å². The molecule has 82 valence electrons. The van der Waals surface area contributed by atoms with E-state index in [1.807, 2.05) is 13.8 Å². The maximum Gasteiger partial charge on any atom is 0.0950 e. The van der Waals surface area contributed by atoms with Crippen molar-refractivity contribution < 1.29 is 0 Å². The van der Waals surface area contributed by atoms with E-state index in [0.29, 0.717) is 0 Å². The van der Waals surface area contributed by atoms with Crippen molar-refractivity contribution in [2.75, 3.05) is 32.7 Å². The lowest BCUT2D eigenvalue weighted by Gasteiger charge is -2.35. The second-order valence-corrected chi connectivity index (χ2v) is 3.86. The van der Waals surface area contributed by atoms with Crippen LogP contribution >= 0.6 is 0 Å². The minimum absolute atomic E-state index is 0.0579. The first kappa shape index (κ1) is 12.0. The van der Waals surface area contributed by atoms with Crippen LogP contribution in [0.15, 0.2) is 0 Å². The fraction of sp³-hybridized carbons (Fsp3) is 0.750. The molecule has 1 heterocycles. The average molecular weight is 205 g/mol. The van der Waals surface area contributed by atoms with Crippen LogP contribution in [0.25, 0.3) is 0 Å². The number of rotatable bonds is 3. The fourth-order valence-corrected chi connectivity index (χ4v) is 1.79. The van der Waals surface area contributed by atoms with Crippen LogP contribution in [0.4, 0.5) is 0 Å². The van der Waals surface area contributed by atoms with Crippen molar-refractivity contribution in [3.05, 3.63) is 0 Å². The number of hydrogen-bond donors (Lipinski definition) is 0. The molecule has 1 aliphatic heterocycles. The molecule has 1 fully saturated rings. The number of piperazine rings is 1. The van der Waals surface area contributed by atoms with Crippen molar-refractivity contribution in [1.29, 1.82) is 5.26 Å². The third-order valence-corrected chi connectivity index (χ3v) is 2.87. The van der Waals surface area contributed by atoms with E-state index in [9.17, 15) is 0 Å². The second kappa shape index (κ2) is 6.45. The maximum absolute atomic E-state index is 8.80. The van der Waals surface area contributed by atoms with Gasteiger partial charge in [0.25, 0.3) is 0 Å². The standard InChI is InChI=1S/C12H19N3/c1-3-4-5-6-14-7-9-15(10-8-14)12(2)11-13/h12H,5-10H2,1-2H3. The van der Waals surface area contributed by atoms with E-state index in [0.717, 1.165) is 39.1 Å². The summed E-state index contributed by atoms with van der Waals surface area (Å²) in [5.41, 5.74) is 0. The van der Waals surface area contributed by atoms with Crippen LogP contribution in [0.2, 0.25) is 0 Å². The fourth-order valence-electron chi connectivity index (χ4n) is 1.79. The molecule has 15 heavy (non-hydrogen) atoms. The van der Waals surface area contributed by atoms with Crippen LogP contribution in [0.1, 0.15) is 20.3 Å². The van der Waals surface area contributed by atoms with Crippen LogP contribution in [0, 0.1) is 23.2 Å². The molecule has 1 unspecified atom stereocenters. The first-order valence-corrected chi connectivity index (χ1v) is 5.53. The lowest BCUT2D eigenvalue weighted by atomic mass is 10.2. The molecule has 1 rings (SSSR count). The second-order valence-electron chi connectivity index (χ2n) is 3.86. The predicted octanol–water partition coefficient (Wildman–Crippen LogP) is 0.929. The SMILES string of the molecule is CC#CCCN1CCN(C(C)C#N)CC1. The van der Waals surface area contributed by atoms with Gasteiger partial charge in [-0.25, -0.2) is 0 Å². The highest BCUT2D eigenvalue weighted by atomic mass is 15.3. The van der Waals surface area contributed by atoms with E-state index in [2.05, 4.69) is 27.7 Å². The molecule has 0 aromatic heterocycles. The minimum atomic E-state index is 0.0579. The van der Waals surface area contributed by atoms with Gasteiger partial charge in [0.15, 0.2) is 0 Å². The molecule has 0 aromatic carbocycles. The van der Waals surface area contributed by atoms with Crippen LogP contribution in [0.5, 0.6) is 0 Å². The van der Waals surface area contributed by atoms with Gasteiger partial charge in [0.1, 0.15) is 0 Å². The van der Waals surface area contributed by atoms with Gasteiger partial charge in [0, 0.05) is 39.1 Å². The number of nitrogens with zero attached hydrogens (tertiary/aromatic N) is 3. The summed E-state index contributed by atoms with van der Waals surface area (Å²) in [6.07, 6.45) is 0.963. The molecule has 0 amide bonds. The Morgan fingerprint density at radius 2 is 1.93 bits per heavy atom. The van der Waals surface area contributed by atoms with E-state index in [1.54, 1.807) is 0 Å². The van der Waals surface area contributed by atoms with Crippen molar-refractivity contribution in [2.45, 2.75) is 26.3 Å². The molecule has 3 heteroatoms. The zero-order valence-electron chi connectivity index (χ0n) is 9.66. The molecule has 1 saturated heterocycles. The van der Waals surface area contributed by atoms with Gasteiger partial charge in [-0.2, -0.15) is 5.26 Å². The van der Waals surface area contributed by atoms with Gasteiger partial charge in [-0.05, 0) is 13.8 Å². The van der Waals surface area contributed by atoms with Gasteiger partial charge in [-0.1, -0.05) is 0 Å². The minimum Gasteiger partial charge on any atom is -0.300 e. The number of hydrogen-bond acceptors (Lipinski definition) is 3. The van der Waals surface area contributed by atoms with Gasteiger partial charge in [0.05, 0.1) is 12.1 Å². The van der Waals surface area contributed by atoms with Gasteiger partial charge in [-0.3, -0.25) is 9.80 Å². The molecule has 0 spiro atoms. The van der Waals surface area contributed by atoms with Gasteiger partial charge in [-0.15, -0.1) is 11.8 Å². The summed E-state index contributed by atoms with van der Waals surface area (Å²) in [5.74, 6) is 6.00. The molecule has 1 atom stereocenters. The Hall–Kier alpha value is -1.03. The van der Waals surface area contributed by atoms with Crippen molar-refractivity contribution >= 4 is 0 Å². The van der Waals surface area contributed by atoms with E-state index < -0.39 is 0 Å². The molecule has 0 aromatic rings. The molecule has 3 nitrogen and oxygen atoms in total. The number of nitriles is 1. The normalized spacial score (nSPS) is 20.1. The lowest BCUT2D eigenvalue weighted by Crippen LogP contribution is -2.49. The van der Waals surface area contributed by atoms with Crippen LogP contribution in [-0.4, -0.2) is 48.6 Å². The molecular formula is C12H19N3. The van der Waals surface area contributed by atoms with Crippen LogP contribution < -0.4 is 0 Å². The monoisotopic (exact) mass is 205 g/mol. The predicted molar refractivity (Wildman–Crippen MR) is 61.2 cm³/mol. The Bertz CT molecular complexity index is 273. The Balaban J connectivity index is 2.23. The molecule has 0 radical (unpaired) electrons. The molecule has 1 aliphatic rings. The van der Waals surface area contributed by atoms with Gasteiger partial charge in [0.2, 0.25) is 0 Å². The summed E-state index contributed by atoms with van der Waals surface area (Å²) in [7, 11) is 0. The highest BCUT2D eigenvalue weighted by Gasteiger charge is 2.19.